The molecule has 0 aromatic carbocycles. The molecule has 0 saturated carbocycles. The van der Waals surface area contributed by atoms with Crippen LogP contribution in [0.25, 0.3) is 0 Å². The van der Waals surface area contributed by atoms with Gasteiger partial charge in [-0.1, -0.05) is 48.6 Å². The summed E-state index contributed by atoms with van der Waals surface area (Å²) in [6.07, 6.45) is 22.4. The van der Waals surface area contributed by atoms with E-state index in [0.717, 1.165) is 12.8 Å². The maximum atomic E-state index is 2.35. The first kappa shape index (κ1) is 9.26. The molecule has 0 saturated heterocycles. The minimum atomic E-state index is 1.06. The van der Waals surface area contributed by atoms with E-state index < -0.39 is 0 Å². The van der Waals surface area contributed by atoms with E-state index >= 15 is 0 Å². The van der Waals surface area contributed by atoms with Crippen molar-refractivity contribution < 1.29 is 0 Å². The van der Waals surface area contributed by atoms with Gasteiger partial charge in [-0.2, -0.15) is 0 Å². The van der Waals surface area contributed by atoms with E-state index in [9.17, 15) is 0 Å². The molecular weight excluding hydrogens is 168 g/mol. The average molecular weight is 184 g/mol. The van der Waals surface area contributed by atoms with Gasteiger partial charge in [0.15, 0.2) is 0 Å². The molecular formula is C14H16. The van der Waals surface area contributed by atoms with E-state index in [-0.39, 0.29) is 0 Å². The third-order valence-electron chi connectivity index (χ3n) is 2.61. The van der Waals surface area contributed by atoms with Crippen LogP contribution in [0.5, 0.6) is 0 Å². The van der Waals surface area contributed by atoms with Gasteiger partial charge in [0, 0.05) is 0 Å². The van der Waals surface area contributed by atoms with Crippen LogP contribution < -0.4 is 0 Å². The summed E-state index contributed by atoms with van der Waals surface area (Å²) in [7, 11) is 0. The predicted octanol–water partition coefficient (Wildman–Crippen LogP) is 4.10. The summed E-state index contributed by atoms with van der Waals surface area (Å²) in [5.41, 5.74) is 2.92. The maximum absolute atomic E-state index is 2.35. The Morgan fingerprint density at radius 1 is 0.857 bits per heavy atom. The second kappa shape index (κ2) is 4.80. The van der Waals surface area contributed by atoms with Gasteiger partial charge in [0.1, 0.15) is 0 Å². The molecule has 2 aliphatic rings. The van der Waals surface area contributed by atoms with Crippen molar-refractivity contribution in [1.82, 2.24) is 0 Å². The van der Waals surface area contributed by atoms with E-state index in [1.807, 2.05) is 0 Å². The second-order valence-electron chi connectivity index (χ2n) is 3.66. The highest BCUT2D eigenvalue weighted by atomic mass is 14.1. The summed E-state index contributed by atoms with van der Waals surface area (Å²) in [4.78, 5) is 0. The van der Waals surface area contributed by atoms with Crippen LogP contribution in [0.3, 0.4) is 0 Å². The molecule has 72 valence electrons. The highest BCUT2D eigenvalue weighted by Crippen LogP contribution is 2.22. The maximum Gasteiger partial charge on any atom is -0.0157 e. The molecule has 0 heterocycles. The Hall–Kier alpha value is -1.30. The van der Waals surface area contributed by atoms with Crippen LogP contribution >= 0.6 is 0 Å². The zero-order valence-corrected chi connectivity index (χ0v) is 8.45. The van der Waals surface area contributed by atoms with Gasteiger partial charge >= 0.3 is 0 Å². The van der Waals surface area contributed by atoms with Gasteiger partial charge < -0.3 is 0 Å². The van der Waals surface area contributed by atoms with Gasteiger partial charge in [0.25, 0.3) is 0 Å². The van der Waals surface area contributed by atoms with Crippen LogP contribution in [0, 0.1) is 0 Å². The molecule has 0 N–H and O–H groups in total. The van der Waals surface area contributed by atoms with Crippen molar-refractivity contribution in [2.45, 2.75) is 25.7 Å². The fourth-order valence-corrected chi connectivity index (χ4v) is 1.85. The first-order valence-corrected chi connectivity index (χ1v) is 5.34. The highest BCUT2D eigenvalue weighted by Gasteiger charge is 2.03. The third-order valence-corrected chi connectivity index (χ3v) is 2.61. The molecule has 0 atom stereocenters. The van der Waals surface area contributed by atoms with Gasteiger partial charge in [0.2, 0.25) is 0 Å². The monoisotopic (exact) mass is 184 g/mol. The van der Waals surface area contributed by atoms with Crippen LogP contribution in [-0.2, 0) is 0 Å². The quantitative estimate of drug-likeness (QED) is 0.538. The van der Waals surface area contributed by atoms with Gasteiger partial charge in [-0.15, -0.1) is 0 Å². The first-order chi connectivity index (χ1) is 6.97. The van der Waals surface area contributed by atoms with Gasteiger partial charge in [-0.3, -0.25) is 0 Å². The Labute approximate surface area is 86.0 Å². The van der Waals surface area contributed by atoms with Gasteiger partial charge in [0.05, 0.1) is 0 Å². The molecule has 14 heavy (non-hydrogen) atoms. The SMILES string of the molecule is C1=CCC=C(C2=CCC=CCC2)C=C1. The molecule has 0 fully saturated rings. The summed E-state index contributed by atoms with van der Waals surface area (Å²) in [6.45, 7) is 0. The average Bonchev–Trinajstić information content (AvgIpc) is 2.62. The third kappa shape index (κ3) is 2.35. The summed E-state index contributed by atoms with van der Waals surface area (Å²) < 4.78 is 0. The molecule has 0 bridgehead atoms. The van der Waals surface area contributed by atoms with Crippen molar-refractivity contribution in [2.75, 3.05) is 0 Å². The van der Waals surface area contributed by atoms with Crippen LogP contribution in [0.1, 0.15) is 25.7 Å². The minimum absolute atomic E-state index is 1.06. The van der Waals surface area contributed by atoms with E-state index in [0.29, 0.717) is 0 Å². The fourth-order valence-electron chi connectivity index (χ4n) is 1.85. The summed E-state index contributed by atoms with van der Waals surface area (Å²) >= 11 is 0. The number of allylic oxidation sites excluding steroid dienone is 10. The molecule has 0 unspecified atom stereocenters. The van der Waals surface area contributed by atoms with Crippen LogP contribution in [0.4, 0.5) is 0 Å². The Morgan fingerprint density at radius 2 is 1.79 bits per heavy atom. The lowest BCUT2D eigenvalue weighted by Crippen LogP contribution is -1.86. The Kier molecular flexibility index (Phi) is 3.18. The molecule has 0 aromatic rings. The molecule has 2 rings (SSSR count). The molecule has 0 spiro atoms. The van der Waals surface area contributed by atoms with Crippen molar-refractivity contribution in [3.63, 3.8) is 0 Å². The normalized spacial score (nSPS) is 21.1. The predicted molar refractivity (Wildman–Crippen MR) is 62.1 cm³/mol. The van der Waals surface area contributed by atoms with Crippen molar-refractivity contribution >= 4 is 0 Å². The zero-order valence-electron chi connectivity index (χ0n) is 8.45. The van der Waals surface area contributed by atoms with E-state index in [1.165, 1.54) is 24.0 Å². The topological polar surface area (TPSA) is 0 Å². The molecule has 0 nitrogen and oxygen atoms in total. The van der Waals surface area contributed by atoms with Crippen molar-refractivity contribution in [2.24, 2.45) is 0 Å². The van der Waals surface area contributed by atoms with Crippen LogP contribution in [0.15, 0.2) is 59.8 Å². The lowest BCUT2D eigenvalue weighted by atomic mass is 10.0. The molecule has 0 heteroatoms. The highest BCUT2D eigenvalue weighted by molar-refractivity contribution is 5.43. The van der Waals surface area contributed by atoms with Crippen LogP contribution in [0.2, 0.25) is 0 Å². The largest absolute Gasteiger partial charge is 0.0879 e. The summed E-state index contributed by atoms with van der Waals surface area (Å²) in [5, 5.41) is 0. The molecule has 0 aromatic heterocycles. The lowest BCUT2D eigenvalue weighted by molar-refractivity contribution is 0.998. The van der Waals surface area contributed by atoms with Crippen molar-refractivity contribution in [1.29, 1.82) is 0 Å². The summed E-state index contributed by atoms with van der Waals surface area (Å²) in [6, 6.07) is 0. The Morgan fingerprint density at radius 3 is 2.79 bits per heavy atom. The molecule has 0 amide bonds. The molecule has 2 aliphatic carbocycles. The molecule has 0 radical (unpaired) electrons. The lowest BCUT2D eigenvalue weighted by Gasteiger charge is -2.05. The number of rotatable bonds is 1. The Balaban J connectivity index is 2.14. The van der Waals surface area contributed by atoms with Crippen molar-refractivity contribution in [3.8, 4) is 0 Å². The fraction of sp³-hybridized carbons (Fsp3) is 0.286. The van der Waals surface area contributed by atoms with E-state index in [4.69, 9.17) is 0 Å². The van der Waals surface area contributed by atoms with Crippen LogP contribution in [-0.4, -0.2) is 0 Å². The minimum Gasteiger partial charge on any atom is -0.0879 e. The Bertz CT molecular complexity index is 335. The van der Waals surface area contributed by atoms with E-state index in [1.54, 1.807) is 0 Å². The van der Waals surface area contributed by atoms with Gasteiger partial charge in [-0.25, -0.2) is 0 Å². The smallest absolute Gasteiger partial charge is 0.0157 e. The number of hydrogen-bond acceptors (Lipinski definition) is 0. The number of hydrogen-bond donors (Lipinski definition) is 0. The first-order valence-electron chi connectivity index (χ1n) is 5.34. The molecule has 0 aliphatic heterocycles. The van der Waals surface area contributed by atoms with Gasteiger partial charge in [-0.05, 0) is 36.8 Å². The summed E-state index contributed by atoms with van der Waals surface area (Å²) in [5.74, 6) is 0. The van der Waals surface area contributed by atoms with E-state index in [2.05, 4.69) is 48.6 Å². The van der Waals surface area contributed by atoms with Crippen molar-refractivity contribution in [3.05, 3.63) is 59.8 Å². The zero-order chi connectivity index (χ0) is 9.64. The second-order valence-corrected chi connectivity index (χ2v) is 3.66. The standard InChI is InChI=1S/C14H16/c1-2-6-10-13(9-5-1)14-11-7-3-4-8-12-14/h1-5,9-11H,6-8,12H2.